The molecule has 29 heavy (non-hydrogen) atoms. The number of ether oxygens (including phenoxy) is 1. The van der Waals surface area contributed by atoms with Crippen LogP contribution in [0.25, 0.3) is 21.5 Å². The zero-order valence-corrected chi connectivity index (χ0v) is 19.2. The molecule has 154 valence electrons. The van der Waals surface area contributed by atoms with Crippen LogP contribution >= 0.6 is 23.1 Å². The predicted molar refractivity (Wildman–Crippen MR) is 120 cm³/mol. The SMILES string of the molecule is COc1cccc(-c2nnc(SCC(=O)N(C(C)C)C(C)C)c3nc(C)sc23)c1. The summed E-state index contributed by atoms with van der Waals surface area (Å²) in [6.07, 6.45) is 0. The van der Waals surface area contributed by atoms with Crippen LogP contribution in [0.3, 0.4) is 0 Å². The lowest BCUT2D eigenvalue weighted by Gasteiger charge is -2.30. The number of rotatable bonds is 7. The number of fused-ring (bicyclic) bond motifs is 1. The van der Waals surface area contributed by atoms with E-state index >= 15 is 0 Å². The molecule has 0 saturated carbocycles. The van der Waals surface area contributed by atoms with Gasteiger partial charge in [-0.3, -0.25) is 4.79 Å². The van der Waals surface area contributed by atoms with Gasteiger partial charge in [-0.2, -0.15) is 0 Å². The van der Waals surface area contributed by atoms with Crippen LogP contribution in [0.2, 0.25) is 0 Å². The van der Waals surface area contributed by atoms with Crippen molar-refractivity contribution in [3.63, 3.8) is 0 Å². The Morgan fingerprint density at radius 3 is 2.59 bits per heavy atom. The summed E-state index contributed by atoms with van der Waals surface area (Å²) in [4.78, 5) is 19.3. The number of methoxy groups -OCH3 is 1. The van der Waals surface area contributed by atoms with E-state index in [1.54, 1.807) is 18.4 Å². The average molecular weight is 431 g/mol. The second-order valence-electron chi connectivity index (χ2n) is 7.27. The first kappa shape index (κ1) is 21.5. The van der Waals surface area contributed by atoms with Gasteiger partial charge in [-0.1, -0.05) is 23.9 Å². The molecule has 0 aliphatic heterocycles. The van der Waals surface area contributed by atoms with Crippen molar-refractivity contribution in [2.75, 3.05) is 12.9 Å². The van der Waals surface area contributed by atoms with E-state index in [2.05, 4.69) is 15.2 Å². The minimum atomic E-state index is 0.0961. The van der Waals surface area contributed by atoms with Gasteiger partial charge in [0.1, 0.15) is 22.0 Å². The standard InChI is InChI=1S/C21H26N4O2S2/c1-12(2)25(13(3)4)17(26)11-28-21-19-20(29-14(5)22-19)18(23-24-21)15-8-7-9-16(10-15)27-6/h7-10,12-13H,11H2,1-6H3. The third-order valence-corrected chi connectivity index (χ3v) is 6.39. The first-order chi connectivity index (χ1) is 13.8. The van der Waals surface area contributed by atoms with Gasteiger partial charge in [0, 0.05) is 17.6 Å². The van der Waals surface area contributed by atoms with Gasteiger partial charge >= 0.3 is 0 Å². The maximum absolute atomic E-state index is 12.7. The van der Waals surface area contributed by atoms with E-state index in [4.69, 9.17) is 4.74 Å². The van der Waals surface area contributed by atoms with Crippen molar-refractivity contribution >= 4 is 39.2 Å². The number of benzene rings is 1. The summed E-state index contributed by atoms with van der Waals surface area (Å²) < 4.78 is 6.31. The summed E-state index contributed by atoms with van der Waals surface area (Å²) in [6, 6.07) is 8.08. The second-order valence-corrected chi connectivity index (χ2v) is 9.44. The van der Waals surface area contributed by atoms with Crippen LogP contribution in [0.4, 0.5) is 0 Å². The van der Waals surface area contributed by atoms with E-state index in [-0.39, 0.29) is 18.0 Å². The summed E-state index contributed by atoms with van der Waals surface area (Å²) in [6.45, 7) is 10.1. The summed E-state index contributed by atoms with van der Waals surface area (Å²) in [5.74, 6) is 1.18. The van der Waals surface area contributed by atoms with Crippen molar-refractivity contribution in [3.8, 4) is 17.0 Å². The number of hydrogen-bond donors (Lipinski definition) is 0. The fourth-order valence-corrected chi connectivity index (χ4v) is 5.14. The molecule has 3 rings (SSSR count). The largest absolute Gasteiger partial charge is 0.497 e. The first-order valence-electron chi connectivity index (χ1n) is 9.54. The van der Waals surface area contributed by atoms with Crippen molar-refractivity contribution in [2.24, 2.45) is 0 Å². The fourth-order valence-electron chi connectivity index (χ4n) is 3.35. The highest BCUT2D eigenvalue weighted by Crippen LogP contribution is 2.36. The number of hydrogen-bond acceptors (Lipinski definition) is 7. The Hall–Kier alpha value is -2.19. The van der Waals surface area contributed by atoms with E-state index in [0.717, 1.165) is 32.2 Å². The normalized spacial score (nSPS) is 11.4. The highest BCUT2D eigenvalue weighted by atomic mass is 32.2. The van der Waals surface area contributed by atoms with E-state index < -0.39 is 0 Å². The van der Waals surface area contributed by atoms with Gasteiger partial charge in [0.25, 0.3) is 0 Å². The maximum Gasteiger partial charge on any atom is 0.233 e. The number of carbonyl (C=O) groups excluding carboxylic acids is 1. The Bertz CT molecular complexity index is 1010. The summed E-state index contributed by atoms with van der Waals surface area (Å²) in [5.41, 5.74) is 2.52. The topological polar surface area (TPSA) is 68.2 Å². The van der Waals surface area contributed by atoms with Gasteiger partial charge in [0.2, 0.25) is 5.91 Å². The minimum absolute atomic E-state index is 0.0961. The average Bonchev–Trinajstić information content (AvgIpc) is 3.07. The Morgan fingerprint density at radius 2 is 1.93 bits per heavy atom. The lowest BCUT2D eigenvalue weighted by molar-refractivity contribution is -0.131. The van der Waals surface area contributed by atoms with Crippen molar-refractivity contribution in [3.05, 3.63) is 29.3 Å². The zero-order chi connectivity index (χ0) is 21.1. The Balaban J connectivity index is 1.92. The molecule has 0 aliphatic carbocycles. The van der Waals surface area contributed by atoms with Gasteiger partial charge < -0.3 is 9.64 Å². The first-order valence-corrected chi connectivity index (χ1v) is 11.3. The van der Waals surface area contributed by atoms with Crippen LogP contribution in [0.15, 0.2) is 29.3 Å². The number of amides is 1. The smallest absolute Gasteiger partial charge is 0.233 e. The number of thioether (sulfide) groups is 1. The number of thiazole rings is 1. The third-order valence-electron chi connectivity index (χ3n) is 4.47. The molecule has 0 spiro atoms. The van der Waals surface area contributed by atoms with Crippen molar-refractivity contribution in [2.45, 2.75) is 51.7 Å². The molecule has 0 atom stereocenters. The van der Waals surface area contributed by atoms with E-state index in [1.165, 1.54) is 11.8 Å². The molecule has 1 amide bonds. The van der Waals surface area contributed by atoms with Gasteiger partial charge in [0.15, 0.2) is 0 Å². The minimum Gasteiger partial charge on any atom is -0.497 e. The van der Waals surface area contributed by atoms with Crippen molar-refractivity contribution in [1.29, 1.82) is 0 Å². The molecular weight excluding hydrogens is 404 g/mol. The summed E-state index contributed by atoms with van der Waals surface area (Å²) in [5, 5.41) is 10.5. The van der Waals surface area contributed by atoms with E-state index in [1.807, 2.05) is 63.8 Å². The molecule has 0 N–H and O–H groups in total. The van der Waals surface area contributed by atoms with Gasteiger partial charge in [-0.15, -0.1) is 21.5 Å². The van der Waals surface area contributed by atoms with Crippen LogP contribution in [0, 0.1) is 6.92 Å². The lowest BCUT2D eigenvalue weighted by atomic mass is 10.1. The molecule has 0 saturated heterocycles. The van der Waals surface area contributed by atoms with Gasteiger partial charge in [0.05, 0.1) is 22.6 Å². The molecule has 6 nitrogen and oxygen atoms in total. The van der Waals surface area contributed by atoms with E-state index in [9.17, 15) is 4.79 Å². The quantitative estimate of drug-likeness (QED) is 0.501. The molecule has 0 bridgehead atoms. The molecule has 0 radical (unpaired) electrons. The maximum atomic E-state index is 12.7. The molecule has 0 fully saturated rings. The Kier molecular flexibility index (Phi) is 6.74. The third kappa shape index (κ3) is 4.70. The molecule has 1 aromatic carbocycles. The number of aromatic nitrogens is 3. The molecule has 3 aromatic rings. The molecule has 2 heterocycles. The molecular formula is C21H26N4O2S2. The van der Waals surface area contributed by atoms with Crippen LogP contribution in [-0.2, 0) is 4.79 Å². The molecule has 0 unspecified atom stereocenters. The van der Waals surface area contributed by atoms with Crippen LogP contribution in [-0.4, -0.2) is 50.9 Å². The zero-order valence-electron chi connectivity index (χ0n) is 17.6. The molecule has 0 aliphatic rings. The van der Waals surface area contributed by atoms with Crippen molar-refractivity contribution < 1.29 is 9.53 Å². The lowest BCUT2D eigenvalue weighted by Crippen LogP contribution is -2.43. The number of carbonyl (C=O) groups is 1. The fraction of sp³-hybridized carbons (Fsp3) is 0.429. The summed E-state index contributed by atoms with van der Waals surface area (Å²) >= 11 is 2.99. The Morgan fingerprint density at radius 1 is 1.21 bits per heavy atom. The highest BCUT2D eigenvalue weighted by Gasteiger charge is 2.22. The Labute approximate surface area is 179 Å². The molecule has 8 heteroatoms. The predicted octanol–water partition coefficient (Wildman–Crippen LogP) is 4.81. The van der Waals surface area contributed by atoms with Gasteiger partial charge in [-0.25, -0.2) is 4.98 Å². The molecule has 2 aromatic heterocycles. The number of aryl methyl sites for hydroxylation is 1. The second kappa shape index (κ2) is 9.09. The highest BCUT2D eigenvalue weighted by molar-refractivity contribution is 8.00. The van der Waals surface area contributed by atoms with E-state index in [0.29, 0.717) is 10.8 Å². The van der Waals surface area contributed by atoms with Crippen molar-refractivity contribution in [1.82, 2.24) is 20.1 Å². The number of nitrogens with zero attached hydrogens (tertiary/aromatic N) is 4. The van der Waals surface area contributed by atoms with Gasteiger partial charge in [-0.05, 0) is 46.8 Å². The summed E-state index contributed by atoms with van der Waals surface area (Å²) in [7, 11) is 1.64. The van der Waals surface area contributed by atoms with Crippen LogP contribution < -0.4 is 4.74 Å². The monoisotopic (exact) mass is 430 g/mol. The van der Waals surface area contributed by atoms with Crippen LogP contribution in [0.5, 0.6) is 5.75 Å². The van der Waals surface area contributed by atoms with Crippen LogP contribution in [0.1, 0.15) is 32.7 Å².